The molecule has 4 nitrogen and oxygen atoms in total. The van der Waals surface area contributed by atoms with Crippen LogP contribution in [0.25, 0.3) is 10.9 Å². The second-order valence-electron chi connectivity index (χ2n) is 5.25. The molecule has 0 atom stereocenters. The summed E-state index contributed by atoms with van der Waals surface area (Å²) in [6.45, 7) is 4.49. The average Bonchev–Trinajstić information content (AvgIpc) is 3.00. The van der Waals surface area contributed by atoms with Crippen molar-refractivity contribution in [2.45, 2.75) is 19.4 Å². The first-order valence-electron chi connectivity index (χ1n) is 7.31. The summed E-state index contributed by atoms with van der Waals surface area (Å²) in [7, 11) is 0. The predicted molar refractivity (Wildman–Crippen MR) is 80.8 cm³/mol. The van der Waals surface area contributed by atoms with Crippen LogP contribution in [0.4, 0.5) is 0 Å². The maximum Gasteiger partial charge on any atom is 0.218 e. The molecule has 1 saturated heterocycles. The van der Waals surface area contributed by atoms with Gasteiger partial charge in [0.15, 0.2) is 0 Å². The number of fused-ring (bicyclic) bond motifs is 1. The monoisotopic (exact) mass is 271 g/mol. The number of aromatic nitrogens is 1. The number of hydrogen-bond donors (Lipinski definition) is 1. The summed E-state index contributed by atoms with van der Waals surface area (Å²) in [4.78, 5) is 7.02. The van der Waals surface area contributed by atoms with Gasteiger partial charge in [-0.1, -0.05) is 18.2 Å². The standard InChI is InChI=1S/C16H21N3O/c17-12-14-11-13-5-1-2-6-15(13)18-16(14)20-10-9-19-7-3-4-8-19/h1-2,5-6,11H,3-4,7-10,12,17H2. The number of hydrogen-bond acceptors (Lipinski definition) is 4. The molecule has 0 amide bonds. The van der Waals surface area contributed by atoms with Crippen LogP contribution >= 0.6 is 0 Å². The molecule has 0 bridgehead atoms. The number of pyridine rings is 1. The van der Waals surface area contributed by atoms with Crippen LogP contribution in [-0.4, -0.2) is 36.1 Å². The lowest BCUT2D eigenvalue weighted by molar-refractivity contribution is 0.231. The topological polar surface area (TPSA) is 51.4 Å². The van der Waals surface area contributed by atoms with Gasteiger partial charge < -0.3 is 10.5 Å². The summed E-state index contributed by atoms with van der Waals surface area (Å²) in [5.41, 5.74) is 7.74. The number of nitrogens with zero attached hydrogens (tertiary/aromatic N) is 2. The normalized spacial score (nSPS) is 15.8. The van der Waals surface area contributed by atoms with Crippen molar-refractivity contribution in [3.05, 3.63) is 35.9 Å². The fourth-order valence-corrected chi connectivity index (χ4v) is 2.69. The second-order valence-corrected chi connectivity index (χ2v) is 5.25. The Balaban J connectivity index is 1.72. The van der Waals surface area contributed by atoms with Crippen LogP contribution in [0, 0.1) is 0 Å². The van der Waals surface area contributed by atoms with Gasteiger partial charge in [0.25, 0.3) is 0 Å². The van der Waals surface area contributed by atoms with Gasteiger partial charge in [-0.25, -0.2) is 4.98 Å². The highest BCUT2D eigenvalue weighted by Crippen LogP contribution is 2.22. The third-order valence-corrected chi connectivity index (χ3v) is 3.83. The van der Waals surface area contributed by atoms with Crippen molar-refractivity contribution in [2.75, 3.05) is 26.2 Å². The first-order chi connectivity index (χ1) is 9.86. The molecule has 1 aromatic heterocycles. The molecule has 1 aliphatic rings. The summed E-state index contributed by atoms with van der Waals surface area (Å²) in [5, 5.41) is 1.11. The lowest BCUT2D eigenvalue weighted by Gasteiger charge is -2.16. The van der Waals surface area contributed by atoms with E-state index in [1.807, 2.05) is 18.2 Å². The molecule has 0 radical (unpaired) electrons. The molecule has 106 valence electrons. The van der Waals surface area contributed by atoms with E-state index in [4.69, 9.17) is 10.5 Å². The highest BCUT2D eigenvalue weighted by Gasteiger charge is 2.12. The van der Waals surface area contributed by atoms with Crippen molar-refractivity contribution >= 4 is 10.9 Å². The maximum atomic E-state index is 5.87. The fraction of sp³-hybridized carbons (Fsp3) is 0.438. The number of rotatable bonds is 5. The fourth-order valence-electron chi connectivity index (χ4n) is 2.69. The number of likely N-dealkylation sites (tertiary alicyclic amines) is 1. The minimum absolute atomic E-state index is 0.455. The Bertz CT molecular complexity index is 579. The predicted octanol–water partition coefficient (Wildman–Crippen LogP) is 2.17. The minimum Gasteiger partial charge on any atom is -0.476 e. The second kappa shape index (κ2) is 6.20. The van der Waals surface area contributed by atoms with Crippen LogP contribution in [0.3, 0.4) is 0 Å². The molecule has 20 heavy (non-hydrogen) atoms. The van der Waals surface area contributed by atoms with Crippen molar-refractivity contribution in [1.29, 1.82) is 0 Å². The van der Waals surface area contributed by atoms with E-state index >= 15 is 0 Å². The van der Waals surface area contributed by atoms with Crippen molar-refractivity contribution in [2.24, 2.45) is 5.73 Å². The van der Waals surface area contributed by atoms with Gasteiger partial charge >= 0.3 is 0 Å². The smallest absolute Gasteiger partial charge is 0.218 e. The van der Waals surface area contributed by atoms with Crippen molar-refractivity contribution in [1.82, 2.24) is 9.88 Å². The average molecular weight is 271 g/mol. The molecular weight excluding hydrogens is 250 g/mol. The van der Waals surface area contributed by atoms with Gasteiger partial charge in [0.2, 0.25) is 5.88 Å². The Hall–Kier alpha value is -1.65. The zero-order valence-corrected chi connectivity index (χ0v) is 11.7. The molecule has 0 saturated carbocycles. The van der Waals surface area contributed by atoms with E-state index in [-0.39, 0.29) is 0 Å². The molecule has 0 aliphatic carbocycles. The van der Waals surface area contributed by atoms with Gasteiger partial charge in [-0.3, -0.25) is 4.90 Å². The van der Waals surface area contributed by atoms with Crippen LogP contribution in [0.1, 0.15) is 18.4 Å². The van der Waals surface area contributed by atoms with Crippen LogP contribution in [0.2, 0.25) is 0 Å². The van der Waals surface area contributed by atoms with Gasteiger partial charge in [0.1, 0.15) is 6.61 Å². The lowest BCUT2D eigenvalue weighted by atomic mass is 10.1. The summed E-state index contributed by atoms with van der Waals surface area (Å²) in [6, 6.07) is 10.1. The Kier molecular flexibility index (Phi) is 4.14. The highest BCUT2D eigenvalue weighted by molar-refractivity contribution is 5.80. The molecule has 2 heterocycles. The van der Waals surface area contributed by atoms with Crippen LogP contribution in [0.15, 0.2) is 30.3 Å². The lowest BCUT2D eigenvalue weighted by Crippen LogP contribution is -2.25. The summed E-state index contributed by atoms with van der Waals surface area (Å²) in [5.74, 6) is 0.686. The molecule has 3 rings (SSSR count). The van der Waals surface area contributed by atoms with Crippen molar-refractivity contribution in [3.63, 3.8) is 0 Å². The van der Waals surface area contributed by atoms with Crippen LogP contribution in [-0.2, 0) is 6.54 Å². The molecule has 1 fully saturated rings. The molecule has 0 spiro atoms. The maximum absolute atomic E-state index is 5.87. The number of para-hydroxylation sites is 1. The highest BCUT2D eigenvalue weighted by atomic mass is 16.5. The minimum atomic E-state index is 0.455. The van der Waals surface area contributed by atoms with E-state index in [1.54, 1.807) is 0 Å². The van der Waals surface area contributed by atoms with Gasteiger partial charge in [0.05, 0.1) is 5.52 Å². The number of benzene rings is 1. The third-order valence-electron chi connectivity index (χ3n) is 3.83. The van der Waals surface area contributed by atoms with Gasteiger partial charge in [-0.2, -0.15) is 0 Å². The number of ether oxygens (including phenoxy) is 1. The summed E-state index contributed by atoms with van der Waals surface area (Å²) < 4.78 is 5.87. The van der Waals surface area contributed by atoms with E-state index in [1.165, 1.54) is 25.9 Å². The molecule has 1 aromatic carbocycles. The molecule has 2 aromatic rings. The Labute approximate surface area is 119 Å². The van der Waals surface area contributed by atoms with Crippen LogP contribution < -0.4 is 10.5 Å². The largest absolute Gasteiger partial charge is 0.476 e. The van der Waals surface area contributed by atoms with Gasteiger partial charge in [-0.05, 0) is 38.1 Å². The first-order valence-corrected chi connectivity index (χ1v) is 7.31. The molecule has 2 N–H and O–H groups in total. The Morgan fingerprint density at radius 1 is 1.20 bits per heavy atom. The van der Waals surface area contributed by atoms with E-state index in [0.29, 0.717) is 19.0 Å². The molecule has 4 heteroatoms. The summed E-state index contributed by atoms with van der Waals surface area (Å²) in [6.07, 6.45) is 2.62. The quantitative estimate of drug-likeness (QED) is 0.905. The van der Waals surface area contributed by atoms with Gasteiger partial charge in [-0.15, -0.1) is 0 Å². The van der Waals surface area contributed by atoms with Gasteiger partial charge in [0, 0.05) is 24.0 Å². The van der Waals surface area contributed by atoms with E-state index in [0.717, 1.165) is 23.0 Å². The zero-order chi connectivity index (χ0) is 13.8. The molecule has 1 aliphatic heterocycles. The van der Waals surface area contributed by atoms with E-state index < -0.39 is 0 Å². The zero-order valence-electron chi connectivity index (χ0n) is 11.7. The third kappa shape index (κ3) is 2.92. The summed E-state index contributed by atoms with van der Waals surface area (Å²) >= 11 is 0. The van der Waals surface area contributed by atoms with E-state index in [9.17, 15) is 0 Å². The Morgan fingerprint density at radius 3 is 2.80 bits per heavy atom. The van der Waals surface area contributed by atoms with Crippen molar-refractivity contribution < 1.29 is 4.74 Å². The van der Waals surface area contributed by atoms with Crippen molar-refractivity contribution in [3.8, 4) is 5.88 Å². The first kappa shape index (κ1) is 13.3. The molecule has 0 unspecified atom stereocenters. The number of nitrogens with two attached hydrogens (primary N) is 1. The van der Waals surface area contributed by atoms with E-state index in [2.05, 4.69) is 22.0 Å². The Morgan fingerprint density at radius 2 is 2.00 bits per heavy atom. The SMILES string of the molecule is NCc1cc2ccccc2nc1OCCN1CCCC1. The van der Waals surface area contributed by atoms with Crippen LogP contribution in [0.5, 0.6) is 5.88 Å². The molecular formula is C16H21N3O.